The van der Waals surface area contributed by atoms with E-state index < -0.39 is 11.6 Å². The Bertz CT molecular complexity index is 856. The lowest BCUT2D eigenvalue weighted by Gasteiger charge is -2.22. The summed E-state index contributed by atoms with van der Waals surface area (Å²) in [6, 6.07) is 1.99. The summed E-state index contributed by atoms with van der Waals surface area (Å²) in [4.78, 5) is 27.6. The van der Waals surface area contributed by atoms with E-state index in [2.05, 4.69) is 20.9 Å². The van der Waals surface area contributed by atoms with Gasteiger partial charge >= 0.3 is 5.97 Å². The average molecular weight is 366 g/mol. The van der Waals surface area contributed by atoms with Crippen molar-refractivity contribution < 1.29 is 9.53 Å². The molecule has 0 radical (unpaired) electrons. The molecule has 0 amide bonds. The molecule has 0 aliphatic rings. The smallest absolute Gasteiger partial charge is 0.341 e. The van der Waals surface area contributed by atoms with Crippen LogP contribution >= 0.6 is 15.9 Å². The fraction of sp³-hybridized carbons (Fsp3) is 0.400. The number of ether oxygens (including phenoxy) is 1. The van der Waals surface area contributed by atoms with E-state index in [4.69, 9.17) is 10.00 Å². The second-order valence-electron chi connectivity index (χ2n) is 5.75. The van der Waals surface area contributed by atoms with Crippen LogP contribution in [0.4, 0.5) is 0 Å². The van der Waals surface area contributed by atoms with Crippen LogP contribution in [0.5, 0.6) is 0 Å². The van der Waals surface area contributed by atoms with E-state index >= 15 is 0 Å². The maximum atomic E-state index is 12.5. The Labute approximate surface area is 135 Å². The Hall–Kier alpha value is -2.07. The number of H-pyrrole nitrogens is 1. The number of aromatic nitrogens is 2. The van der Waals surface area contributed by atoms with Crippen LogP contribution < -0.4 is 5.56 Å². The molecule has 2 rings (SSSR count). The van der Waals surface area contributed by atoms with Gasteiger partial charge in [0.25, 0.3) is 5.56 Å². The predicted molar refractivity (Wildman–Crippen MR) is 85.7 cm³/mol. The van der Waals surface area contributed by atoms with Crippen molar-refractivity contribution in [2.45, 2.75) is 32.8 Å². The lowest BCUT2D eigenvalue weighted by Crippen LogP contribution is -2.27. The molecule has 0 spiro atoms. The summed E-state index contributed by atoms with van der Waals surface area (Å²) >= 11 is 3.38. The van der Waals surface area contributed by atoms with E-state index in [-0.39, 0.29) is 12.0 Å². The van der Waals surface area contributed by atoms with Crippen LogP contribution in [0, 0.1) is 18.3 Å². The van der Waals surface area contributed by atoms with Crippen molar-refractivity contribution in [2.75, 3.05) is 0 Å². The molecule has 0 atom stereocenters. The number of hydrogen-bond acceptors (Lipinski definition) is 4. The highest BCUT2D eigenvalue weighted by atomic mass is 79.9. The SMILES string of the molecule is Cc1[nH]c2c(=O)n(C)cc(Br)c2c1C(=O)OC(C)(C)CC#N. The summed E-state index contributed by atoms with van der Waals surface area (Å²) in [5.41, 5.74) is 0.0899. The summed E-state index contributed by atoms with van der Waals surface area (Å²) in [6.45, 7) is 5.05. The van der Waals surface area contributed by atoms with Gasteiger partial charge in [0.2, 0.25) is 0 Å². The molecular weight excluding hydrogens is 350 g/mol. The first-order valence-corrected chi connectivity index (χ1v) is 7.45. The van der Waals surface area contributed by atoms with Crippen molar-refractivity contribution in [1.29, 1.82) is 5.26 Å². The number of carbonyl (C=O) groups excluding carboxylic acids is 1. The van der Waals surface area contributed by atoms with Gasteiger partial charge in [-0.05, 0) is 36.7 Å². The standard InChI is InChI=1S/C15H16BrN3O3/c1-8-10(14(21)22-15(2,3)5-6-17)11-9(16)7-19(4)13(20)12(11)18-8/h7,18H,5H2,1-4H3. The number of rotatable bonds is 3. The van der Waals surface area contributed by atoms with Gasteiger partial charge in [-0.3, -0.25) is 4.79 Å². The molecule has 0 fully saturated rings. The van der Waals surface area contributed by atoms with Gasteiger partial charge in [0.15, 0.2) is 0 Å². The lowest BCUT2D eigenvalue weighted by molar-refractivity contribution is 0.00129. The van der Waals surface area contributed by atoms with Gasteiger partial charge < -0.3 is 14.3 Å². The fourth-order valence-electron chi connectivity index (χ4n) is 2.28. The van der Waals surface area contributed by atoms with Crippen molar-refractivity contribution in [3.8, 4) is 6.07 Å². The summed E-state index contributed by atoms with van der Waals surface area (Å²) < 4.78 is 7.48. The van der Waals surface area contributed by atoms with Gasteiger partial charge in [-0.25, -0.2) is 4.79 Å². The van der Waals surface area contributed by atoms with E-state index in [1.807, 2.05) is 6.07 Å². The minimum atomic E-state index is -0.895. The Morgan fingerprint density at radius 1 is 1.55 bits per heavy atom. The third-order valence-electron chi connectivity index (χ3n) is 3.35. The summed E-state index contributed by atoms with van der Waals surface area (Å²) in [7, 11) is 1.64. The van der Waals surface area contributed by atoms with Gasteiger partial charge in [0.05, 0.1) is 18.1 Å². The predicted octanol–water partition coefficient (Wildman–Crippen LogP) is 2.79. The van der Waals surface area contributed by atoms with E-state index in [0.29, 0.717) is 26.6 Å². The zero-order valence-corrected chi connectivity index (χ0v) is 14.4. The van der Waals surface area contributed by atoms with Crippen LogP contribution in [0.3, 0.4) is 0 Å². The Balaban J connectivity index is 2.60. The Morgan fingerprint density at radius 3 is 2.77 bits per heavy atom. The molecule has 0 aromatic carbocycles. The summed E-state index contributed by atoms with van der Waals surface area (Å²) in [5, 5.41) is 9.28. The molecular formula is C15H16BrN3O3. The summed E-state index contributed by atoms with van der Waals surface area (Å²) in [6.07, 6.45) is 1.69. The zero-order chi connectivity index (χ0) is 16.7. The number of halogens is 1. The first-order valence-electron chi connectivity index (χ1n) is 6.65. The number of aryl methyl sites for hydroxylation is 2. The molecule has 2 aromatic heterocycles. The first-order chi connectivity index (χ1) is 10.2. The van der Waals surface area contributed by atoms with Crippen LogP contribution in [0.2, 0.25) is 0 Å². The maximum Gasteiger partial charge on any atom is 0.341 e. The third-order valence-corrected chi connectivity index (χ3v) is 3.95. The van der Waals surface area contributed by atoms with E-state index in [1.165, 1.54) is 4.57 Å². The normalized spacial score (nSPS) is 11.5. The highest BCUT2D eigenvalue weighted by Gasteiger charge is 2.28. The molecule has 0 bridgehead atoms. The molecule has 22 heavy (non-hydrogen) atoms. The number of aromatic amines is 1. The van der Waals surface area contributed by atoms with Gasteiger partial charge in [-0.15, -0.1) is 0 Å². The molecule has 0 unspecified atom stereocenters. The van der Waals surface area contributed by atoms with Crippen molar-refractivity contribution in [1.82, 2.24) is 9.55 Å². The van der Waals surface area contributed by atoms with Gasteiger partial charge in [-0.1, -0.05) is 0 Å². The monoisotopic (exact) mass is 365 g/mol. The van der Waals surface area contributed by atoms with Crippen molar-refractivity contribution in [3.63, 3.8) is 0 Å². The van der Waals surface area contributed by atoms with E-state index in [0.717, 1.165) is 0 Å². The van der Waals surface area contributed by atoms with Crippen LogP contribution in [0.1, 0.15) is 36.3 Å². The number of carbonyl (C=O) groups is 1. The van der Waals surface area contributed by atoms with Crippen molar-refractivity contribution in [3.05, 3.63) is 32.3 Å². The second-order valence-corrected chi connectivity index (χ2v) is 6.61. The maximum absolute atomic E-state index is 12.5. The summed E-state index contributed by atoms with van der Waals surface area (Å²) in [5.74, 6) is -0.557. The molecule has 0 saturated carbocycles. The zero-order valence-electron chi connectivity index (χ0n) is 12.8. The molecule has 0 saturated heterocycles. The van der Waals surface area contributed by atoms with Crippen LogP contribution in [0.25, 0.3) is 10.9 Å². The molecule has 1 N–H and O–H groups in total. The van der Waals surface area contributed by atoms with Crippen molar-refractivity contribution in [2.24, 2.45) is 7.05 Å². The first kappa shape index (κ1) is 16.3. The fourth-order valence-corrected chi connectivity index (χ4v) is 2.98. The van der Waals surface area contributed by atoms with Gasteiger partial charge in [0, 0.05) is 28.8 Å². The minimum Gasteiger partial charge on any atom is -0.455 e. The van der Waals surface area contributed by atoms with E-state index in [1.54, 1.807) is 34.0 Å². The quantitative estimate of drug-likeness (QED) is 0.847. The Morgan fingerprint density at radius 2 is 2.18 bits per heavy atom. The highest BCUT2D eigenvalue weighted by molar-refractivity contribution is 9.10. The number of nitriles is 1. The van der Waals surface area contributed by atoms with Crippen LogP contribution in [-0.4, -0.2) is 21.1 Å². The van der Waals surface area contributed by atoms with Crippen molar-refractivity contribution >= 4 is 32.8 Å². The number of fused-ring (bicyclic) bond motifs is 1. The molecule has 6 nitrogen and oxygen atoms in total. The number of nitrogens with zero attached hydrogens (tertiary/aromatic N) is 2. The second kappa shape index (κ2) is 5.61. The molecule has 2 aromatic rings. The number of pyridine rings is 1. The molecule has 2 heterocycles. The molecule has 0 aliphatic heterocycles. The van der Waals surface area contributed by atoms with Gasteiger partial charge in [0.1, 0.15) is 11.1 Å². The number of esters is 1. The number of hydrogen-bond donors (Lipinski definition) is 1. The number of nitrogens with one attached hydrogen (secondary N) is 1. The van der Waals surface area contributed by atoms with Crippen LogP contribution in [-0.2, 0) is 11.8 Å². The lowest BCUT2D eigenvalue weighted by atomic mass is 10.1. The topological polar surface area (TPSA) is 87.9 Å². The average Bonchev–Trinajstić information content (AvgIpc) is 2.73. The van der Waals surface area contributed by atoms with Gasteiger partial charge in [-0.2, -0.15) is 5.26 Å². The van der Waals surface area contributed by atoms with E-state index in [9.17, 15) is 9.59 Å². The molecule has 116 valence electrons. The highest BCUT2D eigenvalue weighted by Crippen LogP contribution is 2.29. The molecule has 7 heteroatoms. The largest absolute Gasteiger partial charge is 0.455 e. The molecule has 0 aliphatic carbocycles. The van der Waals surface area contributed by atoms with Crippen LogP contribution in [0.15, 0.2) is 15.5 Å². The Kier molecular flexibility index (Phi) is 4.16. The minimum absolute atomic E-state index is 0.0864. The third kappa shape index (κ3) is 2.79.